The molecule has 4 nitrogen and oxygen atoms in total. The molecule has 4 N–H and O–H groups in total. The molecule has 0 aliphatic heterocycles. The molecule has 90 valence electrons. The van der Waals surface area contributed by atoms with E-state index in [-0.39, 0.29) is 0 Å². The van der Waals surface area contributed by atoms with Gasteiger partial charge in [-0.1, -0.05) is 27.7 Å². The number of nitrogens with two attached hydrogens (primary N) is 1. The summed E-state index contributed by atoms with van der Waals surface area (Å²) in [6, 6.07) is 0.395. The largest absolute Gasteiger partial charge is 0.353 e. The highest BCUT2D eigenvalue weighted by atomic mass is 15.3. The van der Waals surface area contributed by atoms with Gasteiger partial charge in [-0.2, -0.15) is 0 Å². The van der Waals surface area contributed by atoms with Crippen molar-refractivity contribution >= 4 is 5.96 Å². The van der Waals surface area contributed by atoms with E-state index in [1.54, 1.807) is 0 Å². The van der Waals surface area contributed by atoms with Crippen molar-refractivity contribution in [3.8, 4) is 0 Å². The Labute approximate surface area is 93.7 Å². The van der Waals surface area contributed by atoms with Gasteiger partial charge < -0.3 is 5.32 Å². The van der Waals surface area contributed by atoms with Crippen LogP contribution < -0.4 is 16.6 Å². The molecule has 0 aromatic rings. The molecule has 0 amide bonds. The van der Waals surface area contributed by atoms with E-state index in [0.29, 0.717) is 23.8 Å². The average Bonchev–Trinajstić information content (AvgIpc) is 2.10. The number of aliphatic imine (C=N–C) groups is 1. The van der Waals surface area contributed by atoms with Gasteiger partial charge in [0.2, 0.25) is 5.96 Å². The molecule has 0 saturated carbocycles. The first-order chi connectivity index (χ1) is 6.95. The van der Waals surface area contributed by atoms with Crippen LogP contribution in [0.1, 0.15) is 41.0 Å². The van der Waals surface area contributed by atoms with E-state index < -0.39 is 0 Å². The Morgan fingerprint density at radius 3 is 2.13 bits per heavy atom. The zero-order chi connectivity index (χ0) is 11.8. The van der Waals surface area contributed by atoms with Gasteiger partial charge in [-0.25, -0.2) is 5.84 Å². The van der Waals surface area contributed by atoms with Crippen LogP contribution in [-0.2, 0) is 0 Å². The predicted octanol–water partition coefficient (Wildman–Crippen LogP) is 1.49. The molecule has 1 atom stereocenters. The first kappa shape index (κ1) is 14.2. The molecule has 0 spiro atoms. The summed E-state index contributed by atoms with van der Waals surface area (Å²) in [6.45, 7) is 11.6. The Bertz CT molecular complexity index is 187. The Hall–Kier alpha value is -0.770. The molecule has 0 aliphatic carbocycles. The Morgan fingerprint density at radius 1 is 1.13 bits per heavy atom. The standard InChI is InChI=1S/C11H26N4/c1-8(2)6-10(5)14-11(15-12)13-7-9(3)4/h8-10H,6-7,12H2,1-5H3,(H2,13,14,15). The molecule has 0 radical (unpaired) electrons. The number of hydrogen-bond donors (Lipinski definition) is 3. The van der Waals surface area contributed by atoms with Crippen LogP contribution in [0.5, 0.6) is 0 Å². The second-order valence-electron chi connectivity index (χ2n) is 4.90. The molecular formula is C11H26N4. The fraction of sp³-hybridized carbons (Fsp3) is 0.909. The topological polar surface area (TPSA) is 62.4 Å². The monoisotopic (exact) mass is 214 g/mol. The fourth-order valence-corrected chi connectivity index (χ4v) is 1.41. The highest BCUT2D eigenvalue weighted by molar-refractivity contribution is 5.79. The van der Waals surface area contributed by atoms with Crippen molar-refractivity contribution in [1.29, 1.82) is 0 Å². The lowest BCUT2D eigenvalue weighted by atomic mass is 10.1. The molecule has 0 heterocycles. The summed E-state index contributed by atoms with van der Waals surface area (Å²) in [5.41, 5.74) is 2.60. The number of nitrogens with zero attached hydrogens (tertiary/aromatic N) is 1. The molecule has 0 rings (SSSR count). The molecule has 0 aromatic carbocycles. The van der Waals surface area contributed by atoms with Gasteiger partial charge in [0.1, 0.15) is 0 Å². The van der Waals surface area contributed by atoms with Gasteiger partial charge in [-0.3, -0.25) is 10.4 Å². The number of guanidine groups is 1. The van der Waals surface area contributed by atoms with E-state index in [2.05, 4.69) is 50.4 Å². The average molecular weight is 214 g/mol. The summed E-state index contributed by atoms with van der Waals surface area (Å²) in [7, 11) is 0. The van der Waals surface area contributed by atoms with Gasteiger partial charge in [0.05, 0.1) is 0 Å². The van der Waals surface area contributed by atoms with Crippen LogP contribution in [-0.4, -0.2) is 18.5 Å². The molecule has 0 saturated heterocycles. The number of hydrogen-bond acceptors (Lipinski definition) is 2. The van der Waals surface area contributed by atoms with Crippen LogP contribution in [0.4, 0.5) is 0 Å². The van der Waals surface area contributed by atoms with Crippen molar-refractivity contribution < 1.29 is 0 Å². The Morgan fingerprint density at radius 2 is 1.73 bits per heavy atom. The van der Waals surface area contributed by atoms with Crippen molar-refractivity contribution in [2.24, 2.45) is 22.7 Å². The van der Waals surface area contributed by atoms with Gasteiger partial charge in [0, 0.05) is 12.6 Å². The minimum atomic E-state index is 0.395. The summed E-state index contributed by atoms with van der Waals surface area (Å²) < 4.78 is 0. The predicted molar refractivity (Wildman–Crippen MR) is 66.5 cm³/mol. The second kappa shape index (κ2) is 7.51. The van der Waals surface area contributed by atoms with Crippen LogP contribution in [0.3, 0.4) is 0 Å². The maximum atomic E-state index is 5.39. The van der Waals surface area contributed by atoms with Gasteiger partial charge in [-0.05, 0) is 25.2 Å². The van der Waals surface area contributed by atoms with E-state index in [0.717, 1.165) is 13.0 Å². The maximum Gasteiger partial charge on any atom is 0.205 e. The third-order valence-corrected chi connectivity index (χ3v) is 1.96. The first-order valence-corrected chi connectivity index (χ1v) is 5.73. The van der Waals surface area contributed by atoms with E-state index in [9.17, 15) is 0 Å². The van der Waals surface area contributed by atoms with Crippen molar-refractivity contribution in [3.05, 3.63) is 0 Å². The highest BCUT2D eigenvalue weighted by Gasteiger charge is 2.06. The lowest BCUT2D eigenvalue weighted by molar-refractivity contribution is 0.485. The zero-order valence-corrected chi connectivity index (χ0v) is 10.7. The van der Waals surface area contributed by atoms with E-state index >= 15 is 0 Å². The fourth-order valence-electron chi connectivity index (χ4n) is 1.41. The molecular weight excluding hydrogens is 188 g/mol. The summed E-state index contributed by atoms with van der Waals surface area (Å²) in [6.07, 6.45) is 1.11. The molecule has 0 aromatic heterocycles. The van der Waals surface area contributed by atoms with Crippen LogP contribution >= 0.6 is 0 Å². The minimum absolute atomic E-state index is 0.395. The van der Waals surface area contributed by atoms with Crippen LogP contribution in [0.25, 0.3) is 0 Å². The number of nitrogens with one attached hydrogen (secondary N) is 2. The SMILES string of the molecule is CC(C)CN=C(NN)NC(C)CC(C)C. The van der Waals surface area contributed by atoms with E-state index in [1.165, 1.54) is 0 Å². The molecule has 15 heavy (non-hydrogen) atoms. The van der Waals surface area contributed by atoms with Crippen LogP contribution in [0, 0.1) is 11.8 Å². The lowest BCUT2D eigenvalue weighted by Crippen LogP contribution is -2.46. The number of hydrazine groups is 1. The van der Waals surface area contributed by atoms with Gasteiger partial charge in [0.25, 0.3) is 0 Å². The summed E-state index contributed by atoms with van der Waals surface area (Å²) >= 11 is 0. The van der Waals surface area contributed by atoms with E-state index in [1.807, 2.05) is 0 Å². The van der Waals surface area contributed by atoms with Gasteiger partial charge in [0.15, 0.2) is 0 Å². The quantitative estimate of drug-likeness (QED) is 0.281. The normalized spacial score (nSPS) is 14.5. The van der Waals surface area contributed by atoms with Crippen LogP contribution in [0.15, 0.2) is 4.99 Å². The lowest BCUT2D eigenvalue weighted by Gasteiger charge is -2.18. The summed E-state index contributed by atoms with van der Waals surface area (Å²) in [4.78, 5) is 4.36. The Balaban J connectivity index is 4.02. The minimum Gasteiger partial charge on any atom is -0.353 e. The third-order valence-electron chi connectivity index (χ3n) is 1.96. The molecule has 1 unspecified atom stereocenters. The van der Waals surface area contributed by atoms with Crippen molar-refractivity contribution in [2.45, 2.75) is 47.1 Å². The van der Waals surface area contributed by atoms with Crippen molar-refractivity contribution in [3.63, 3.8) is 0 Å². The van der Waals surface area contributed by atoms with Crippen molar-refractivity contribution in [2.75, 3.05) is 6.54 Å². The van der Waals surface area contributed by atoms with Gasteiger partial charge >= 0.3 is 0 Å². The summed E-state index contributed by atoms with van der Waals surface area (Å²) in [5.74, 6) is 7.32. The molecule has 4 heteroatoms. The smallest absolute Gasteiger partial charge is 0.205 e. The molecule has 0 aliphatic rings. The molecule has 0 fully saturated rings. The Kier molecular flexibility index (Phi) is 7.13. The first-order valence-electron chi connectivity index (χ1n) is 5.73. The van der Waals surface area contributed by atoms with E-state index in [4.69, 9.17) is 5.84 Å². The number of rotatable bonds is 5. The zero-order valence-electron chi connectivity index (χ0n) is 10.7. The second-order valence-corrected chi connectivity index (χ2v) is 4.90. The maximum absolute atomic E-state index is 5.39. The highest BCUT2D eigenvalue weighted by Crippen LogP contribution is 2.03. The molecule has 0 bridgehead atoms. The summed E-state index contributed by atoms with van der Waals surface area (Å²) in [5, 5.41) is 3.27. The van der Waals surface area contributed by atoms with Crippen LogP contribution in [0.2, 0.25) is 0 Å². The van der Waals surface area contributed by atoms with Gasteiger partial charge in [-0.15, -0.1) is 0 Å². The van der Waals surface area contributed by atoms with Crippen molar-refractivity contribution in [1.82, 2.24) is 10.7 Å². The third kappa shape index (κ3) is 8.24.